The minimum absolute atomic E-state index is 0.488. The van der Waals surface area contributed by atoms with Gasteiger partial charge in [-0.25, -0.2) is 0 Å². The van der Waals surface area contributed by atoms with E-state index in [1.165, 1.54) is 12.8 Å². The third-order valence-corrected chi connectivity index (χ3v) is 3.22. The SMILES string of the molecule is O=Cc1ccc2nnc(CC3CCCN3)n2c1. The molecule has 0 radical (unpaired) electrons. The van der Waals surface area contributed by atoms with Gasteiger partial charge >= 0.3 is 0 Å². The van der Waals surface area contributed by atoms with Gasteiger partial charge in [0.05, 0.1) is 0 Å². The Kier molecular flexibility index (Phi) is 2.60. The molecule has 17 heavy (non-hydrogen) atoms. The minimum Gasteiger partial charge on any atom is -0.314 e. The molecule has 0 aromatic carbocycles. The highest BCUT2D eigenvalue weighted by Crippen LogP contribution is 2.12. The van der Waals surface area contributed by atoms with Crippen molar-refractivity contribution < 1.29 is 4.79 Å². The van der Waals surface area contributed by atoms with E-state index in [0.717, 1.165) is 30.7 Å². The van der Waals surface area contributed by atoms with E-state index in [1.54, 1.807) is 12.3 Å². The largest absolute Gasteiger partial charge is 0.314 e. The smallest absolute Gasteiger partial charge is 0.160 e. The molecule has 1 atom stereocenters. The Hall–Kier alpha value is -1.75. The molecule has 5 nitrogen and oxygen atoms in total. The monoisotopic (exact) mass is 230 g/mol. The maximum absolute atomic E-state index is 10.8. The normalized spacial score (nSPS) is 19.9. The number of aldehydes is 1. The molecule has 1 N–H and O–H groups in total. The number of carbonyl (C=O) groups is 1. The molecular weight excluding hydrogens is 216 g/mol. The van der Waals surface area contributed by atoms with Gasteiger partial charge in [-0.3, -0.25) is 9.20 Å². The molecule has 0 saturated carbocycles. The summed E-state index contributed by atoms with van der Waals surface area (Å²) in [6.07, 6.45) is 5.91. The highest BCUT2D eigenvalue weighted by atomic mass is 16.1. The van der Waals surface area contributed by atoms with Crippen molar-refractivity contribution in [3.05, 3.63) is 29.7 Å². The molecule has 3 rings (SSSR count). The summed E-state index contributed by atoms with van der Waals surface area (Å²) in [4.78, 5) is 10.8. The van der Waals surface area contributed by atoms with Gasteiger partial charge in [0.15, 0.2) is 11.9 Å². The van der Waals surface area contributed by atoms with E-state index in [4.69, 9.17) is 0 Å². The molecule has 0 amide bonds. The fourth-order valence-corrected chi connectivity index (χ4v) is 2.31. The van der Waals surface area contributed by atoms with E-state index in [0.29, 0.717) is 11.6 Å². The Balaban J connectivity index is 1.94. The molecule has 2 aromatic rings. The molecule has 0 spiro atoms. The summed E-state index contributed by atoms with van der Waals surface area (Å²) in [6, 6.07) is 4.07. The van der Waals surface area contributed by atoms with Crippen LogP contribution in [0.3, 0.4) is 0 Å². The van der Waals surface area contributed by atoms with Gasteiger partial charge in [-0.05, 0) is 31.5 Å². The maximum Gasteiger partial charge on any atom is 0.160 e. The van der Waals surface area contributed by atoms with Crippen LogP contribution >= 0.6 is 0 Å². The van der Waals surface area contributed by atoms with Crippen LogP contribution in [0.1, 0.15) is 29.0 Å². The lowest BCUT2D eigenvalue weighted by Crippen LogP contribution is -2.24. The van der Waals surface area contributed by atoms with Crippen molar-refractivity contribution in [2.75, 3.05) is 6.54 Å². The summed E-state index contributed by atoms with van der Waals surface area (Å²) in [5.74, 6) is 0.920. The van der Waals surface area contributed by atoms with Crippen LogP contribution in [-0.2, 0) is 6.42 Å². The molecule has 1 aliphatic rings. The molecule has 5 heteroatoms. The minimum atomic E-state index is 0.488. The van der Waals surface area contributed by atoms with Crippen molar-refractivity contribution in [1.82, 2.24) is 19.9 Å². The summed E-state index contributed by atoms with van der Waals surface area (Å²) in [7, 11) is 0. The van der Waals surface area contributed by atoms with Crippen molar-refractivity contribution in [2.24, 2.45) is 0 Å². The Morgan fingerprint density at radius 1 is 1.47 bits per heavy atom. The van der Waals surface area contributed by atoms with Crippen LogP contribution in [0.2, 0.25) is 0 Å². The van der Waals surface area contributed by atoms with Crippen molar-refractivity contribution in [1.29, 1.82) is 0 Å². The van der Waals surface area contributed by atoms with Crippen LogP contribution < -0.4 is 5.32 Å². The topological polar surface area (TPSA) is 59.3 Å². The van der Waals surface area contributed by atoms with Crippen LogP contribution in [0.25, 0.3) is 5.65 Å². The molecular formula is C12H14N4O. The molecule has 2 aromatic heterocycles. The lowest BCUT2D eigenvalue weighted by atomic mass is 10.1. The first kappa shape index (κ1) is 10.4. The van der Waals surface area contributed by atoms with E-state index in [-0.39, 0.29) is 0 Å². The Bertz CT molecular complexity index is 542. The third-order valence-electron chi connectivity index (χ3n) is 3.22. The molecule has 1 fully saturated rings. The fourth-order valence-electron chi connectivity index (χ4n) is 2.31. The maximum atomic E-state index is 10.8. The van der Waals surface area contributed by atoms with Crippen molar-refractivity contribution in [2.45, 2.75) is 25.3 Å². The van der Waals surface area contributed by atoms with Gasteiger partial charge in [-0.15, -0.1) is 10.2 Å². The lowest BCUT2D eigenvalue weighted by Gasteiger charge is -2.08. The van der Waals surface area contributed by atoms with Gasteiger partial charge in [0.25, 0.3) is 0 Å². The van der Waals surface area contributed by atoms with E-state index in [9.17, 15) is 4.79 Å². The Morgan fingerprint density at radius 2 is 2.41 bits per heavy atom. The van der Waals surface area contributed by atoms with Crippen molar-refractivity contribution >= 4 is 11.9 Å². The number of hydrogen-bond acceptors (Lipinski definition) is 4. The second kappa shape index (κ2) is 4.25. The van der Waals surface area contributed by atoms with Crippen molar-refractivity contribution in [3.63, 3.8) is 0 Å². The molecule has 0 bridgehead atoms. The van der Waals surface area contributed by atoms with Gasteiger partial charge in [-0.1, -0.05) is 0 Å². The zero-order chi connectivity index (χ0) is 11.7. The second-order valence-electron chi connectivity index (χ2n) is 4.42. The van der Waals surface area contributed by atoms with Crippen LogP contribution in [0.5, 0.6) is 0 Å². The van der Waals surface area contributed by atoms with E-state index >= 15 is 0 Å². The average molecular weight is 230 g/mol. The summed E-state index contributed by atoms with van der Waals surface area (Å²) in [5, 5.41) is 11.7. The number of hydrogen-bond donors (Lipinski definition) is 1. The van der Waals surface area contributed by atoms with Gasteiger partial charge in [0.1, 0.15) is 5.82 Å². The number of rotatable bonds is 3. The van der Waals surface area contributed by atoms with Gasteiger partial charge in [-0.2, -0.15) is 0 Å². The first-order chi connectivity index (χ1) is 8.36. The van der Waals surface area contributed by atoms with Crippen LogP contribution in [0, 0.1) is 0 Å². The number of pyridine rings is 1. The van der Waals surface area contributed by atoms with Gasteiger partial charge in [0.2, 0.25) is 0 Å². The molecule has 0 aliphatic carbocycles. The Labute approximate surface area is 98.9 Å². The average Bonchev–Trinajstić information content (AvgIpc) is 2.99. The van der Waals surface area contributed by atoms with E-state index < -0.39 is 0 Å². The molecule has 3 heterocycles. The highest BCUT2D eigenvalue weighted by Gasteiger charge is 2.17. The zero-order valence-corrected chi connectivity index (χ0v) is 9.47. The fraction of sp³-hybridized carbons (Fsp3) is 0.417. The number of aromatic nitrogens is 3. The summed E-state index contributed by atoms with van der Waals surface area (Å²) in [5.41, 5.74) is 1.45. The summed E-state index contributed by atoms with van der Waals surface area (Å²) >= 11 is 0. The summed E-state index contributed by atoms with van der Waals surface area (Å²) in [6.45, 7) is 1.08. The molecule has 88 valence electrons. The highest BCUT2D eigenvalue weighted by molar-refractivity contribution is 5.74. The number of nitrogens with zero attached hydrogens (tertiary/aromatic N) is 3. The van der Waals surface area contributed by atoms with Crippen molar-refractivity contribution in [3.8, 4) is 0 Å². The van der Waals surface area contributed by atoms with E-state index in [2.05, 4.69) is 15.5 Å². The van der Waals surface area contributed by atoms with Gasteiger partial charge < -0.3 is 5.32 Å². The lowest BCUT2D eigenvalue weighted by molar-refractivity contribution is 0.112. The molecule has 1 unspecified atom stereocenters. The first-order valence-corrected chi connectivity index (χ1v) is 5.89. The molecule has 1 aliphatic heterocycles. The first-order valence-electron chi connectivity index (χ1n) is 5.89. The van der Waals surface area contributed by atoms with Crippen LogP contribution in [-0.4, -0.2) is 33.5 Å². The quantitative estimate of drug-likeness (QED) is 0.794. The predicted octanol–water partition coefficient (Wildman–Crippen LogP) is 0.836. The Morgan fingerprint density at radius 3 is 3.18 bits per heavy atom. The third kappa shape index (κ3) is 1.93. The predicted molar refractivity (Wildman–Crippen MR) is 63.1 cm³/mol. The molecule has 1 saturated heterocycles. The van der Waals surface area contributed by atoms with Crippen LogP contribution in [0.4, 0.5) is 0 Å². The number of fused-ring (bicyclic) bond motifs is 1. The van der Waals surface area contributed by atoms with Gasteiger partial charge in [0, 0.05) is 24.2 Å². The standard InChI is InChI=1S/C12H14N4O/c17-8-9-3-4-11-14-15-12(16(11)7-9)6-10-2-1-5-13-10/h3-4,7-8,10,13H,1-2,5-6H2. The van der Waals surface area contributed by atoms with E-state index in [1.807, 2.05) is 10.5 Å². The second-order valence-corrected chi connectivity index (χ2v) is 4.42. The zero-order valence-electron chi connectivity index (χ0n) is 9.47. The summed E-state index contributed by atoms with van der Waals surface area (Å²) < 4.78 is 1.91. The number of carbonyl (C=O) groups excluding carboxylic acids is 1. The van der Waals surface area contributed by atoms with Crippen LogP contribution in [0.15, 0.2) is 18.3 Å². The number of nitrogens with one attached hydrogen (secondary N) is 1.